The molecule has 0 N–H and O–H groups in total. The number of benzene rings is 1. The van der Waals surface area contributed by atoms with Gasteiger partial charge >= 0.3 is 0 Å². The maximum Gasteiger partial charge on any atom is 0.0468 e. The Morgan fingerprint density at radius 3 is 2.45 bits per heavy atom. The Morgan fingerprint density at radius 2 is 1.77 bits per heavy atom. The molecule has 0 aromatic heterocycles. The molecular formula is C21H34O. The molecule has 1 atom stereocenters. The molecule has 1 nitrogen and oxygen atoms in total. The Balaban J connectivity index is 1.66. The van der Waals surface area contributed by atoms with E-state index in [-0.39, 0.29) is 0 Å². The predicted molar refractivity (Wildman–Crippen MR) is 95.1 cm³/mol. The fourth-order valence-electron chi connectivity index (χ4n) is 3.67. The highest BCUT2D eigenvalue weighted by Gasteiger charge is 2.25. The van der Waals surface area contributed by atoms with Gasteiger partial charge in [0.2, 0.25) is 0 Å². The summed E-state index contributed by atoms with van der Waals surface area (Å²) in [5.74, 6) is 1.72. The molecule has 1 saturated heterocycles. The Hall–Kier alpha value is -0.820. The number of hydrogen-bond acceptors (Lipinski definition) is 1. The summed E-state index contributed by atoms with van der Waals surface area (Å²) in [5, 5.41) is 0. The summed E-state index contributed by atoms with van der Waals surface area (Å²) in [4.78, 5) is 0. The van der Waals surface area contributed by atoms with Crippen LogP contribution < -0.4 is 0 Å². The fourth-order valence-corrected chi connectivity index (χ4v) is 3.67. The Morgan fingerprint density at radius 1 is 1.09 bits per heavy atom. The van der Waals surface area contributed by atoms with Crippen LogP contribution in [0.1, 0.15) is 64.9 Å². The third kappa shape index (κ3) is 6.52. The average Bonchev–Trinajstić information content (AvgIpc) is 2.53. The number of aryl methyl sites for hydroxylation is 1. The van der Waals surface area contributed by atoms with E-state index in [0.717, 1.165) is 25.0 Å². The molecule has 124 valence electrons. The monoisotopic (exact) mass is 302 g/mol. The molecular weight excluding hydrogens is 268 g/mol. The van der Waals surface area contributed by atoms with Gasteiger partial charge in [-0.1, -0.05) is 57.5 Å². The van der Waals surface area contributed by atoms with Gasteiger partial charge < -0.3 is 4.74 Å². The molecule has 1 heteroatoms. The van der Waals surface area contributed by atoms with Crippen LogP contribution in [0.25, 0.3) is 0 Å². The second-order valence-corrected chi connectivity index (χ2v) is 8.09. The van der Waals surface area contributed by atoms with Gasteiger partial charge in [0.25, 0.3) is 0 Å². The lowest BCUT2D eigenvalue weighted by Crippen LogP contribution is -2.23. The van der Waals surface area contributed by atoms with Gasteiger partial charge in [0.05, 0.1) is 0 Å². The minimum absolute atomic E-state index is 0.489. The first-order valence-electron chi connectivity index (χ1n) is 9.17. The van der Waals surface area contributed by atoms with Crippen molar-refractivity contribution in [1.82, 2.24) is 0 Å². The smallest absolute Gasteiger partial charge is 0.0468 e. The largest absolute Gasteiger partial charge is 0.381 e. The molecule has 2 rings (SSSR count). The van der Waals surface area contributed by atoms with Crippen LogP contribution in [0.2, 0.25) is 0 Å². The zero-order valence-corrected chi connectivity index (χ0v) is 14.8. The van der Waals surface area contributed by atoms with Crippen LogP contribution in [0.15, 0.2) is 30.3 Å². The summed E-state index contributed by atoms with van der Waals surface area (Å²) in [6.45, 7) is 9.31. The quantitative estimate of drug-likeness (QED) is 0.583. The van der Waals surface area contributed by atoms with Crippen molar-refractivity contribution in [2.24, 2.45) is 17.3 Å². The van der Waals surface area contributed by atoms with Crippen molar-refractivity contribution in [1.29, 1.82) is 0 Å². The van der Waals surface area contributed by atoms with Crippen molar-refractivity contribution in [3.05, 3.63) is 35.9 Å². The second-order valence-electron chi connectivity index (χ2n) is 8.09. The van der Waals surface area contributed by atoms with E-state index < -0.39 is 0 Å². The van der Waals surface area contributed by atoms with Crippen molar-refractivity contribution >= 4 is 0 Å². The minimum atomic E-state index is 0.489. The van der Waals surface area contributed by atoms with Gasteiger partial charge in [0.1, 0.15) is 0 Å². The third-order valence-corrected chi connectivity index (χ3v) is 5.26. The van der Waals surface area contributed by atoms with Crippen molar-refractivity contribution in [3.63, 3.8) is 0 Å². The zero-order valence-electron chi connectivity index (χ0n) is 14.8. The highest BCUT2D eigenvalue weighted by Crippen LogP contribution is 2.36. The minimum Gasteiger partial charge on any atom is -0.381 e. The maximum atomic E-state index is 5.49. The lowest BCUT2D eigenvalue weighted by atomic mass is 9.75. The van der Waals surface area contributed by atoms with Crippen LogP contribution >= 0.6 is 0 Å². The van der Waals surface area contributed by atoms with Crippen LogP contribution in [0, 0.1) is 17.3 Å². The summed E-state index contributed by atoms with van der Waals surface area (Å²) < 4.78 is 5.49. The van der Waals surface area contributed by atoms with Crippen molar-refractivity contribution < 1.29 is 4.74 Å². The van der Waals surface area contributed by atoms with Gasteiger partial charge in [-0.05, 0) is 61.3 Å². The summed E-state index contributed by atoms with van der Waals surface area (Å²) in [6, 6.07) is 10.9. The first-order chi connectivity index (χ1) is 10.6. The Kier molecular flexibility index (Phi) is 6.95. The Labute approximate surface area is 137 Å². The molecule has 1 aromatic carbocycles. The molecule has 1 heterocycles. The van der Waals surface area contributed by atoms with E-state index in [1.165, 1.54) is 50.5 Å². The Bertz CT molecular complexity index is 403. The van der Waals surface area contributed by atoms with E-state index in [1.807, 2.05) is 0 Å². The topological polar surface area (TPSA) is 9.23 Å². The lowest BCUT2D eigenvalue weighted by Gasteiger charge is -2.32. The molecule has 1 aliphatic rings. The lowest BCUT2D eigenvalue weighted by molar-refractivity contribution is 0.0493. The molecule has 1 fully saturated rings. The van der Waals surface area contributed by atoms with E-state index in [4.69, 9.17) is 4.74 Å². The first kappa shape index (κ1) is 17.5. The predicted octanol–water partition coefficient (Wildman–Crippen LogP) is 5.88. The molecule has 22 heavy (non-hydrogen) atoms. The average molecular weight is 303 g/mol. The van der Waals surface area contributed by atoms with Crippen molar-refractivity contribution in [3.8, 4) is 0 Å². The zero-order chi connectivity index (χ0) is 15.8. The van der Waals surface area contributed by atoms with E-state index in [0.29, 0.717) is 5.41 Å². The van der Waals surface area contributed by atoms with Crippen molar-refractivity contribution in [2.75, 3.05) is 13.2 Å². The van der Waals surface area contributed by atoms with E-state index >= 15 is 0 Å². The molecule has 0 aliphatic carbocycles. The van der Waals surface area contributed by atoms with Gasteiger partial charge in [0.15, 0.2) is 0 Å². The second kappa shape index (κ2) is 8.72. The van der Waals surface area contributed by atoms with Crippen LogP contribution in [-0.2, 0) is 11.2 Å². The summed E-state index contributed by atoms with van der Waals surface area (Å²) in [5.41, 5.74) is 1.97. The standard InChI is InChI=1S/C21H34O/c1-18(9-10-19-7-5-4-6-8-19)11-14-21(2,3)17-20-12-15-22-16-13-20/h4-8,18,20H,9-17H2,1-3H3. The van der Waals surface area contributed by atoms with E-state index in [9.17, 15) is 0 Å². The molecule has 1 aliphatic heterocycles. The summed E-state index contributed by atoms with van der Waals surface area (Å²) in [7, 11) is 0. The molecule has 0 bridgehead atoms. The number of rotatable bonds is 8. The molecule has 0 amide bonds. The third-order valence-electron chi connectivity index (χ3n) is 5.26. The molecule has 1 aromatic rings. The summed E-state index contributed by atoms with van der Waals surface area (Å²) >= 11 is 0. The molecule has 0 radical (unpaired) electrons. The first-order valence-corrected chi connectivity index (χ1v) is 9.17. The highest BCUT2D eigenvalue weighted by molar-refractivity contribution is 5.14. The molecule has 0 spiro atoms. The maximum absolute atomic E-state index is 5.49. The van der Waals surface area contributed by atoms with Gasteiger partial charge in [0, 0.05) is 13.2 Å². The van der Waals surface area contributed by atoms with Crippen LogP contribution in [0.3, 0.4) is 0 Å². The van der Waals surface area contributed by atoms with Gasteiger partial charge in [-0.3, -0.25) is 0 Å². The van der Waals surface area contributed by atoms with Crippen molar-refractivity contribution in [2.45, 2.75) is 65.7 Å². The van der Waals surface area contributed by atoms with Gasteiger partial charge in [-0.2, -0.15) is 0 Å². The molecule has 1 unspecified atom stereocenters. The number of ether oxygens (including phenoxy) is 1. The fraction of sp³-hybridized carbons (Fsp3) is 0.714. The van der Waals surface area contributed by atoms with Crippen LogP contribution in [-0.4, -0.2) is 13.2 Å². The van der Waals surface area contributed by atoms with E-state index in [2.05, 4.69) is 51.1 Å². The van der Waals surface area contributed by atoms with Gasteiger partial charge in [-0.25, -0.2) is 0 Å². The van der Waals surface area contributed by atoms with Gasteiger partial charge in [-0.15, -0.1) is 0 Å². The SMILES string of the molecule is CC(CCc1ccccc1)CCC(C)(C)CC1CCOCC1. The highest BCUT2D eigenvalue weighted by atomic mass is 16.5. The van der Waals surface area contributed by atoms with Crippen LogP contribution in [0.4, 0.5) is 0 Å². The summed E-state index contributed by atoms with van der Waals surface area (Å²) in [6.07, 6.45) is 9.19. The van der Waals surface area contributed by atoms with Crippen LogP contribution in [0.5, 0.6) is 0 Å². The normalized spacial score (nSPS) is 18.3. The van der Waals surface area contributed by atoms with E-state index in [1.54, 1.807) is 0 Å². The molecule has 0 saturated carbocycles. The number of hydrogen-bond donors (Lipinski definition) is 0.